The number of hydrogen-bond acceptors (Lipinski definition) is 3. The molecule has 102 valence electrons. The van der Waals surface area contributed by atoms with Crippen LogP contribution in [0.25, 0.3) is 0 Å². The average molecular weight is 255 g/mol. The molecule has 0 bridgehead atoms. The van der Waals surface area contributed by atoms with Crippen LogP contribution in [0.15, 0.2) is 18.2 Å². The highest BCUT2D eigenvalue weighted by Crippen LogP contribution is 2.31. The molecule has 0 radical (unpaired) electrons. The van der Waals surface area contributed by atoms with E-state index in [2.05, 4.69) is 19.2 Å². The van der Waals surface area contributed by atoms with Crippen molar-refractivity contribution in [2.24, 2.45) is 0 Å². The van der Waals surface area contributed by atoms with Crippen molar-refractivity contribution in [1.82, 2.24) is 5.32 Å². The van der Waals surface area contributed by atoms with Gasteiger partial charge in [0.2, 0.25) is 0 Å². The summed E-state index contributed by atoms with van der Waals surface area (Å²) < 4.78 is 23.2. The Balaban J connectivity index is 2.87. The number of alkyl halides is 1. The molecule has 3 nitrogen and oxygen atoms in total. The Hall–Kier alpha value is -1.29. The molecule has 0 spiro atoms. The molecule has 0 atom stereocenters. The van der Waals surface area contributed by atoms with E-state index in [1.807, 2.05) is 25.1 Å². The van der Waals surface area contributed by atoms with Crippen molar-refractivity contribution in [2.45, 2.75) is 33.4 Å². The Morgan fingerprint density at radius 2 is 2.06 bits per heavy atom. The fourth-order valence-corrected chi connectivity index (χ4v) is 1.59. The molecule has 18 heavy (non-hydrogen) atoms. The van der Waals surface area contributed by atoms with Gasteiger partial charge in [0.05, 0.1) is 6.61 Å². The summed E-state index contributed by atoms with van der Waals surface area (Å²) >= 11 is 0. The zero-order valence-electron chi connectivity index (χ0n) is 11.3. The zero-order valence-corrected chi connectivity index (χ0v) is 11.3. The van der Waals surface area contributed by atoms with Crippen molar-refractivity contribution < 1.29 is 13.9 Å². The van der Waals surface area contributed by atoms with Crippen LogP contribution in [0, 0.1) is 0 Å². The molecule has 0 aliphatic carbocycles. The Morgan fingerprint density at radius 1 is 1.28 bits per heavy atom. The molecule has 0 unspecified atom stereocenters. The van der Waals surface area contributed by atoms with Gasteiger partial charge in [0, 0.05) is 18.2 Å². The SMILES string of the molecule is CCOc1cccc(CNC(C)C)c1OCCF. The van der Waals surface area contributed by atoms with Crippen molar-refractivity contribution >= 4 is 0 Å². The average Bonchev–Trinajstić information content (AvgIpc) is 2.35. The van der Waals surface area contributed by atoms with Crippen LogP contribution < -0.4 is 14.8 Å². The van der Waals surface area contributed by atoms with Gasteiger partial charge in [-0.1, -0.05) is 26.0 Å². The predicted molar refractivity (Wildman–Crippen MR) is 71.1 cm³/mol. The lowest BCUT2D eigenvalue weighted by Crippen LogP contribution is -2.22. The first-order chi connectivity index (χ1) is 8.69. The van der Waals surface area contributed by atoms with Gasteiger partial charge in [-0.25, -0.2) is 4.39 Å². The van der Waals surface area contributed by atoms with Gasteiger partial charge in [-0.05, 0) is 13.0 Å². The monoisotopic (exact) mass is 255 g/mol. The number of ether oxygens (including phenoxy) is 2. The molecule has 0 aliphatic heterocycles. The Kier molecular flexibility index (Phi) is 6.50. The number of para-hydroxylation sites is 1. The van der Waals surface area contributed by atoms with Gasteiger partial charge in [0.1, 0.15) is 13.3 Å². The third-order valence-corrected chi connectivity index (χ3v) is 2.38. The molecule has 1 aromatic carbocycles. The van der Waals surface area contributed by atoms with E-state index < -0.39 is 6.67 Å². The summed E-state index contributed by atoms with van der Waals surface area (Å²) in [6.07, 6.45) is 0. The molecule has 0 fully saturated rings. The van der Waals surface area contributed by atoms with E-state index in [1.54, 1.807) is 0 Å². The lowest BCUT2D eigenvalue weighted by molar-refractivity contribution is 0.248. The highest BCUT2D eigenvalue weighted by molar-refractivity contribution is 5.46. The smallest absolute Gasteiger partial charge is 0.165 e. The molecule has 0 aliphatic rings. The Morgan fingerprint density at radius 3 is 2.67 bits per heavy atom. The summed E-state index contributed by atoms with van der Waals surface area (Å²) in [6.45, 7) is 6.87. The second kappa shape index (κ2) is 7.93. The Labute approximate surface area is 108 Å². The molecule has 1 aromatic rings. The van der Waals surface area contributed by atoms with Crippen molar-refractivity contribution in [2.75, 3.05) is 19.9 Å². The second-order valence-corrected chi connectivity index (χ2v) is 4.25. The molecule has 0 saturated carbocycles. The normalized spacial score (nSPS) is 10.7. The molecule has 1 N–H and O–H groups in total. The van der Waals surface area contributed by atoms with Gasteiger partial charge in [0.15, 0.2) is 11.5 Å². The fourth-order valence-electron chi connectivity index (χ4n) is 1.59. The maximum atomic E-state index is 12.3. The molecular formula is C14H22FNO2. The molecule has 1 rings (SSSR count). The highest BCUT2D eigenvalue weighted by Gasteiger charge is 2.11. The van der Waals surface area contributed by atoms with E-state index in [0.717, 1.165) is 5.56 Å². The van der Waals surface area contributed by atoms with Crippen LogP contribution in [-0.4, -0.2) is 25.9 Å². The quantitative estimate of drug-likeness (QED) is 0.774. The molecule has 0 saturated heterocycles. The van der Waals surface area contributed by atoms with E-state index >= 15 is 0 Å². The summed E-state index contributed by atoms with van der Waals surface area (Å²) in [5.41, 5.74) is 0.989. The summed E-state index contributed by atoms with van der Waals surface area (Å²) in [5.74, 6) is 1.32. The summed E-state index contributed by atoms with van der Waals surface area (Å²) in [7, 11) is 0. The van der Waals surface area contributed by atoms with Crippen molar-refractivity contribution in [3.8, 4) is 11.5 Å². The van der Waals surface area contributed by atoms with E-state index in [9.17, 15) is 4.39 Å². The van der Waals surface area contributed by atoms with Gasteiger partial charge < -0.3 is 14.8 Å². The first kappa shape index (κ1) is 14.8. The van der Waals surface area contributed by atoms with Crippen LogP contribution in [0.4, 0.5) is 4.39 Å². The summed E-state index contributed by atoms with van der Waals surface area (Å²) in [5, 5.41) is 3.32. The van der Waals surface area contributed by atoms with Crippen LogP contribution in [0.2, 0.25) is 0 Å². The predicted octanol–water partition coefficient (Wildman–Crippen LogP) is 2.93. The van der Waals surface area contributed by atoms with E-state index in [-0.39, 0.29) is 6.61 Å². The maximum Gasteiger partial charge on any atom is 0.165 e. The second-order valence-electron chi connectivity index (χ2n) is 4.25. The number of halogens is 1. The van der Waals surface area contributed by atoms with Crippen molar-refractivity contribution in [3.63, 3.8) is 0 Å². The summed E-state index contributed by atoms with van der Waals surface area (Å²) in [6, 6.07) is 6.11. The number of nitrogens with one attached hydrogen (secondary N) is 1. The van der Waals surface area contributed by atoms with Crippen molar-refractivity contribution in [1.29, 1.82) is 0 Å². The Bertz CT molecular complexity index is 356. The van der Waals surface area contributed by atoms with Gasteiger partial charge in [-0.15, -0.1) is 0 Å². The van der Waals surface area contributed by atoms with E-state index in [1.165, 1.54) is 0 Å². The van der Waals surface area contributed by atoms with Crippen LogP contribution in [0.1, 0.15) is 26.3 Å². The first-order valence-corrected chi connectivity index (χ1v) is 6.35. The van der Waals surface area contributed by atoms with Crippen LogP contribution in [0.5, 0.6) is 11.5 Å². The third-order valence-electron chi connectivity index (χ3n) is 2.38. The molecule has 0 aromatic heterocycles. The minimum atomic E-state index is -0.502. The lowest BCUT2D eigenvalue weighted by atomic mass is 10.1. The van der Waals surface area contributed by atoms with Gasteiger partial charge in [-0.2, -0.15) is 0 Å². The van der Waals surface area contributed by atoms with Crippen LogP contribution in [-0.2, 0) is 6.54 Å². The molecule has 0 amide bonds. The van der Waals surface area contributed by atoms with Gasteiger partial charge in [0.25, 0.3) is 0 Å². The first-order valence-electron chi connectivity index (χ1n) is 6.35. The van der Waals surface area contributed by atoms with Crippen LogP contribution >= 0.6 is 0 Å². The molecule has 4 heteroatoms. The maximum absolute atomic E-state index is 12.3. The minimum Gasteiger partial charge on any atom is -0.490 e. The number of rotatable bonds is 8. The van der Waals surface area contributed by atoms with E-state index in [0.29, 0.717) is 30.7 Å². The number of hydrogen-bond donors (Lipinski definition) is 1. The minimum absolute atomic E-state index is 0.0543. The third kappa shape index (κ3) is 4.53. The topological polar surface area (TPSA) is 30.5 Å². The zero-order chi connectivity index (χ0) is 13.4. The molecular weight excluding hydrogens is 233 g/mol. The van der Waals surface area contributed by atoms with E-state index in [4.69, 9.17) is 9.47 Å². The van der Waals surface area contributed by atoms with Crippen LogP contribution in [0.3, 0.4) is 0 Å². The lowest BCUT2D eigenvalue weighted by Gasteiger charge is -2.16. The van der Waals surface area contributed by atoms with Gasteiger partial charge in [-0.3, -0.25) is 0 Å². The standard InChI is InChI=1S/C14H22FNO2/c1-4-17-13-7-5-6-12(10-16-11(2)3)14(13)18-9-8-15/h5-7,11,16H,4,8-10H2,1-3H3. The molecule has 0 heterocycles. The highest BCUT2D eigenvalue weighted by atomic mass is 19.1. The largest absolute Gasteiger partial charge is 0.490 e. The van der Waals surface area contributed by atoms with Gasteiger partial charge >= 0.3 is 0 Å². The van der Waals surface area contributed by atoms with Crippen molar-refractivity contribution in [3.05, 3.63) is 23.8 Å². The summed E-state index contributed by atoms with van der Waals surface area (Å²) in [4.78, 5) is 0. The fraction of sp³-hybridized carbons (Fsp3) is 0.571. The number of benzene rings is 1.